The largest absolute Gasteiger partial charge is 0.311 e. The number of fused-ring (bicyclic) bond motifs is 1. The second kappa shape index (κ2) is 6.96. The lowest BCUT2D eigenvalue weighted by Crippen LogP contribution is -2.43. The van der Waals surface area contributed by atoms with E-state index in [0.717, 1.165) is 24.3 Å². The first-order chi connectivity index (χ1) is 10.2. The van der Waals surface area contributed by atoms with Gasteiger partial charge in [-0.05, 0) is 62.5 Å². The van der Waals surface area contributed by atoms with E-state index in [4.69, 9.17) is 0 Å². The fourth-order valence-electron chi connectivity index (χ4n) is 4.66. The molecular weight excluding hydrogens is 254 g/mol. The van der Waals surface area contributed by atoms with Gasteiger partial charge in [0.15, 0.2) is 0 Å². The van der Waals surface area contributed by atoms with Gasteiger partial charge in [0.05, 0.1) is 0 Å². The summed E-state index contributed by atoms with van der Waals surface area (Å²) >= 11 is 0. The van der Waals surface area contributed by atoms with Gasteiger partial charge in [-0.25, -0.2) is 0 Å². The molecule has 1 heteroatoms. The van der Waals surface area contributed by atoms with Gasteiger partial charge in [-0.1, -0.05) is 49.9 Å². The minimum Gasteiger partial charge on any atom is -0.311 e. The average Bonchev–Trinajstić information content (AvgIpc) is 2.49. The lowest BCUT2D eigenvalue weighted by Gasteiger charge is -2.40. The van der Waals surface area contributed by atoms with Crippen LogP contribution in [-0.4, -0.2) is 12.1 Å². The van der Waals surface area contributed by atoms with Crippen LogP contribution >= 0.6 is 0 Å². The van der Waals surface area contributed by atoms with Crippen LogP contribution in [0.4, 0.5) is 0 Å². The Balaban J connectivity index is 1.51. The zero-order valence-corrected chi connectivity index (χ0v) is 13.8. The standard InChI is InChI=1S/C20H31N/c1-15-7-3-4-9-18(15)13-16(2)21-20-12-11-17-8-5-6-10-19(17)14-20/h3-4,7,9,16-17,19-21H,5-6,8,10-14H2,1-2H3. The molecule has 0 saturated heterocycles. The lowest BCUT2D eigenvalue weighted by atomic mass is 9.69. The summed E-state index contributed by atoms with van der Waals surface area (Å²) in [6.07, 6.45) is 11.4. The molecule has 2 aliphatic rings. The highest BCUT2D eigenvalue weighted by molar-refractivity contribution is 5.26. The van der Waals surface area contributed by atoms with E-state index in [-0.39, 0.29) is 0 Å². The van der Waals surface area contributed by atoms with E-state index in [2.05, 4.69) is 43.4 Å². The van der Waals surface area contributed by atoms with Crippen molar-refractivity contribution in [3.63, 3.8) is 0 Å². The van der Waals surface area contributed by atoms with E-state index in [9.17, 15) is 0 Å². The third-order valence-electron chi connectivity index (χ3n) is 5.85. The first-order valence-electron chi connectivity index (χ1n) is 9.03. The molecule has 116 valence electrons. The second-order valence-electron chi connectivity index (χ2n) is 7.51. The maximum absolute atomic E-state index is 3.93. The van der Waals surface area contributed by atoms with Gasteiger partial charge in [0, 0.05) is 12.1 Å². The lowest BCUT2D eigenvalue weighted by molar-refractivity contribution is 0.139. The van der Waals surface area contributed by atoms with Crippen LogP contribution in [0.15, 0.2) is 24.3 Å². The SMILES string of the molecule is Cc1ccccc1CC(C)NC1CCC2CCCCC2C1. The Morgan fingerprint density at radius 2 is 1.81 bits per heavy atom. The summed E-state index contributed by atoms with van der Waals surface area (Å²) in [4.78, 5) is 0. The zero-order chi connectivity index (χ0) is 14.7. The smallest absolute Gasteiger partial charge is 0.00818 e. The van der Waals surface area contributed by atoms with Crippen LogP contribution in [0, 0.1) is 18.8 Å². The van der Waals surface area contributed by atoms with Gasteiger partial charge in [0.25, 0.3) is 0 Å². The van der Waals surface area contributed by atoms with Crippen LogP contribution in [0.2, 0.25) is 0 Å². The van der Waals surface area contributed by atoms with Crippen molar-refractivity contribution in [3.05, 3.63) is 35.4 Å². The number of rotatable bonds is 4. The maximum atomic E-state index is 3.93. The van der Waals surface area contributed by atoms with E-state index in [1.165, 1.54) is 56.1 Å². The molecule has 0 bridgehead atoms. The van der Waals surface area contributed by atoms with E-state index < -0.39 is 0 Å². The average molecular weight is 285 g/mol. The van der Waals surface area contributed by atoms with Crippen molar-refractivity contribution in [2.24, 2.45) is 11.8 Å². The van der Waals surface area contributed by atoms with Crippen LogP contribution in [0.5, 0.6) is 0 Å². The van der Waals surface area contributed by atoms with Crippen molar-refractivity contribution >= 4 is 0 Å². The van der Waals surface area contributed by atoms with Gasteiger partial charge in [-0.2, -0.15) is 0 Å². The zero-order valence-electron chi connectivity index (χ0n) is 13.8. The van der Waals surface area contributed by atoms with Gasteiger partial charge >= 0.3 is 0 Å². The first kappa shape index (κ1) is 15.1. The van der Waals surface area contributed by atoms with E-state index in [1.807, 2.05) is 0 Å². The monoisotopic (exact) mass is 285 g/mol. The van der Waals surface area contributed by atoms with Crippen LogP contribution < -0.4 is 5.32 Å². The normalized spacial score (nSPS) is 30.7. The quantitative estimate of drug-likeness (QED) is 0.832. The van der Waals surface area contributed by atoms with Gasteiger partial charge in [-0.3, -0.25) is 0 Å². The molecule has 1 aromatic carbocycles. The molecule has 2 saturated carbocycles. The molecule has 1 aromatic rings. The minimum atomic E-state index is 0.594. The van der Waals surface area contributed by atoms with Gasteiger partial charge in [0.1, 0.15) is 0 Å². The van der Waals surface area contributed by atoms with Crippen molar-refractivity contribution in [3.8, 4) is 0 Å². The highest BCUT2D eigenvalue weighted by Gasteiger charge is 2.32. The molecule has 1 nitrogen and oxygen atoms in total. The van der Waals surface area contributed by atoms with Crippen LogP contribution in [0.1, 0.15) is 63.0 Å². The van der Waals surface area contributed by atoms with Gasteiger partial charge in [0.2, 0.25) is 0 Å². The second-order valence-corrected chi connectivity index (χ2v) is 7.51. The summed E-state index contributed by atoms with van der Waals surface area (Å²) in [5.74, 6) is 2.08. The summed E-state index contributed by atoms with van der Waals surface area (Å²) in [7, 11) is 0. The highest BCUT2D eigenvalue weighted by atomic mass is 14.9. The summed E-state index contributed by atoms with van der Waals surface area (Å²) in [5, 5.41) is 3.93. The van der Waals surface area contributed by atoms with Gasteiger partial charge < -0.3 is 5.32 Å². The number of benzene rings is 1. The Bertz CT molecular complexity index is 453. The predicted molar refractivity (Wildman–Crippen MR) is 90.6 cm³/mol. The summed E-state index contributed by atoms with van der Waals surface area (Å²) in [6.45, 7) is 4.59. The molecule has 0 aliphatic heterocycles. The molecular formula is C20H31N. The van der Waals surface area contributed by atoms with E-state index >= 15 is 0 Å². The molecule has 3 rings (SSSR count). The first-order valence-corrected chi connectivity index (χ1v) is 9.03. The van der Waals surface area contributed by atoms with Crippen LogP contribution in [-0.2, 0) is 6.42 Å². The third-order valence-corrected chi connectivity index (χ3v) is 5.85. The van der Waals surface area contributed by atoms with Crippen LogP contribution in [0.3, 0.4) is 0 Å². The van der Waals surface area contributed by atoms with E-state index in [1.54, 1.807) is 0 Å². The van der Waals surface area contributed by atoms with Crippen molar-refractivity contribution in [1.29, 1.82) is 0 Å². The summed E-state index contributed by atoms with van der Waals surface area (Å²) < 4.78 is 0. The van der Waals surface area contributed by atoms with Crippen molar-refractivity contribution < 1.29 is 0 Å². The van der Waals surface area contributed by atoms with Crippen LogP contribution in [0.25, 0.3) is 0 Å². The Morgan fingerprint density at radius 1 is 1.05 bits per heavy atom. The Hall–Kier alpha value is -0.820. The number of hydrogen-bond acceptors (Lipinski definition) is 1. The molecule has 2 aliphatic carbocycles. The molecule has 0 aromatic heterocycles. The van der Waals surface area contributed by atoms with Crippen molar-refractivity contribution in [2.45, 2.75) is 77.3 Å². The fraction of sp³-hybridized carbons (Fsp3) is 0.700. The van der Waals surface area contributed by atoms with Gasteiger partial charge in [-0.15, -0.1) is 0 Å². The highest BCUT2D eigenvalue weighted by Crippen LogP contribution is 2.40. The number of aryl methyl sites for hydroxylation is 1. The molecule has 21 heavy (non-hydrogen) atoms. The van der Waals surface area contributed by atoms with Crippen molar-refractivity contribution in [1.82, 2.24) is 5.32 Å². The molecule has 0 amide bonds. The number of nitrogens with one attached hydrogen (secondary N) is 1. The molecule has 1 N–H and O–H groups in total. The predicted octanol–water partition coefficient (Wildman–Crippen LogP) is 4.87. The Morgan fingerprint density at radius 3 is 2.62 bits per heavy atom. The third kappa shape index (κ3) is 3.88. The van der Waals surface area contributed by atoms with E-state index in [0.29, 0.717) is 6.04 Å². The molecule has 0 heterocycles. The summed E-state index contributed by atoms with van der Waals surface area (Å²) in [5.41, 5.74) is 2.94. The molecule has 4 atom stereocenters. The molecule has 4 unspecified atom stereocenters. The Labute approximate surface area is 130 Å². The molecule has 0 spiro atoms. The fourth-order valence-corrected chi connectivity index (χ4v) is 4.66. The molecule has 2 fully saturated rings. The van der Waals surface area contributed by atoms with Crippen molar-refractivity contribution in [2.75, 3.05) is 0 Å². The number of hydrogen-bond donors (Lipinski definition) is 1. The molecule has 0 radical (unpaired) electrons. The topological polar surface area (TPSA) is 12.0 Å². The minimum absolute atomic E-state index is 0.594. The Kier molecular flexibility index (Phi) is 5.00. The summed E-state index contributed by atoms with van der Waals surface area (Å²) in [6, 6.07) is 10.2. The maximum Gasteiger partial charge on any atom is 0.00818 e.